The van der Waals surface area contributed by atoms with E-state index in [4.69, 9.17) is 5.11 Å². The number of aryl methyl sites for hydroxylation is 1. The molecule has 1 aromatic carbocycles. The summed E-state index contributed by atoms with van der Waals surface area (Å²) in [6.07, 6.45) is 2.23. The summed E-state index contributed by atoms with van der Waals surface area (Å²) in [6.45, 7) is 8.62. The fraction of sp³-hybridized carbons (Fsp3) is 0.600. The molecule has 2 rings (SSSR count). The van der Waals surface area contributed by atoms with Crippen LogP contribution < -0.4 is 4.90 Å². The normalized spacial score (nSPS) is 16.4. The van der Waals surface area contributed by atoms with Crippen LogP contribution in [0, 0.1) is 12.8 Å². The molecule has 17 heavy (non-hydrogen) atoms. The lowest BCUT2D eigenvalue weighted by Crippen LogP contribution is -2.34. The van der Waals surface area contributed by atoms with Crippen molar-refractivity contribution in [3.05, 3.63) is 29.8 Å². The summed E-state index contributed by atoms with van der Waals surface area (Å²) in [6, 6.07) is 8.70. The molecule has 0 aliphatic carbocycles. The number of rotatable bonds is 2. The van der Waals surface area contributed by atoms with Gasteiger partial charge in [-0.1, -0.05) is 31.5 Å². The van der Waals surface area contributed by atoms with Crippen molar-refractivity contribution in [3.63, 3.8) is 0 Å². The van der Waals surface area contributed by atoms with E-state index in [0.717, 1.165) is 25.9 Å². The number of hydrogen-bond donors (Lipinski definition) is 1. The molecule has 1 N–H and O–H groups in total. The van der Waals surface area contributed by atoms with Gasteiger partial charge in [-0.15, -0.1) is 0 Å². The zero-order valence-corrected chi connectivity index (χ0v) is 11.3. The van der Waals surface area contributed by atoms with E-state index in [1.54, 1.807) is 0 Å². The third-order valence-electron chi connectivity index (χ3n) is 3.27. The van der Waals surface area contributed by atoms with Gasteiger partial charge < -0.3 is 10.0 Å². The smallest absolute Gasteiger partial charge is 0.0460 e. The van der Waals surface area contributed by atoms with E-state index in [1.165, 1.54) is 11.3 Å². The average molecular weight is 235 g/mol. The number of aliphatic hydroxyl groups is 1. The van der Waals surface area contributed by atoms with E-state index < -0.39 is 0 Å². The lowest BCUT2D eigenvalue weighted by atomic mass is 9.97. The van der Waals surface area contributed by atoms with Crippen LogP contribution in [0.4, 0.5) is 5.69 Å². The van der Waals surface area contributed by atoms with Crippen LogP contribution in [-0.2, 0) is 0 Å². The van der Waals surface area contributed by atoms with Gasteiger partial charge in [-0.3, -0.25) is 0 Å². The number of anilines is 1. The van der Waals surface area contributed by atoms with Crippen LogP contribution in [0.15, 0.2) is 24.3 Å². The molecule has 1 saturated heterocycles. The number of hydrogen-bond acceptors (Lipinski definition) is 2. The third-order valence-corrected chi connectivity index (χ3v) is 3.27. The van der Waals surface area contributed by atoms with Crippen molar-refractivity contribution in [2.45, 2.75) is 33.6 Å². The maximum absolute atomic E-state index is 9.07. The van der Waals surface area contributed by atoms with E-state index in [2.05, 4.69) is 36.1 Å². The second-order valence-electron chi connectivity index (χ2n) is 4.45. The summed E-state index contributed by atoms with van der Waals surface area (Å²) < 4.78 is 0. The van der Waals surface area contributed by atoms with Gasteiger partial charge in [0.05, 0.1) is 0 Å². The van der Waals surface area contributed by atoms with Crippen molar-refractivity contribution < 1.29 is 5.11 Å². The molecular weight excluding hydrogens is 210 g/mol. The minimum absolute atomic E-state index is 0.349. The first-order valence-electron chi connectivity index (χ1n) is 6.72. The molecule has 1 fully saturated rings. The largest absolute Gasteiger partial charge is 0.396 e. The maximum atomic E-state index is 9.07. The predicted molar refractivity (Wildman–Crippen MR) is 74.5 cm³/mol. The minimum atomic E-state index is 0.349. The molecule has 0 saturated carbocycles. The first kappa shape index (κ1) is 14.0. The summed E-state index contributed by atoms with van der Waals surface area (Å²) in [5.74, 6) is 0.520. The molecule has 0 atom stereocenters. The van der Waals surface area contributed by atoms with Gasteiger partial charge in [0.2, 0.25) is 0 Å². The Morgan fingerprint density at radius 2 is 1.65 bits per heavy atom. The van der Waals surface area contributed by atoms with Crippen molar-refractivity contribution in [2.75, 3.05) is 24.6 Å². The molecule has 0 bridgehead atoms. The molecule has 0 amide bonds. The second kappa shape index (κ2) is 7.33. The Morgan fingerprint density at radius 3 is 2.12 bits per heavy atom. The molecule has 0 spiro atoms. The minimum Gasteiger partial charge on any atom is -0.396 e. The first-order valence-corrected chi connectivity index (χ1v) is 6.72. The molecule has 0 unspecified atom stereocenters. The zero-order chi connectivity index (χ0) is 12.7. The van der Waals surface area contributed by atoms with Crippen molar-refractivity contribution in [2.24, 2.45) is 5.92 Å². The van der Waals surface area contributed by atoms with Crippen LogP contribution in [-0.4, -0.2) is 24.8 Å². The summed E-state index contributed by atoms with van der Waals surface area (Å²) in [5, 5.41) is 9.07. The van der Waals surface area contributed by atoms with Crippen LogP contribution in [0.3, 0.4) is 0 Å². The van der Waals surface area contributed by atoms with Crippen LogP contribution in [0.2, 0.25) is 0 Å². The van der Waals surface area contributed by atoms with E-state index in [9.17, 15) is 0 Å². The van der Waals surface area contributed by atoms with Crippen molar-refractivity contribution in [3.8, 4) is 0 Å². The molecule has 1 heterocycles. The Kier molecular flexibility index (Phi) is 6.06. The molecular formula is C15H25NO. The first-order chi connectivity index (χ1) is 8.29. The second-order valence-corrected chi connectivity index (χ2v) is 4.45. The van der Waals surface area contributed by atoms with E-state index in [0.29, 0.717) is 12.5 Å². The highest BCUT2D eigenvalue weighted by Crippen LogP contribution is 2.22. The summed E-state index contributed by atoms with van der Waals surface area (Å²) >= 11 is 0. The van der Waals surface area contributed by atoms with Gasteiger partial charge in [-0.05, 0) is 37.8 Å². The van der Waals surface area contributed by atoms with Crippen molar-refractivity contribution in [1.82, 2.24) is 0 Å². The lowest BCUT2D eigenvalue weighted by Gasteiger charge is -2.32. The van der Waals surface area contributed by atoms with Gasteiger partial charge in [-0.25, -0.2) is 0 Å². The molecule has 96 valence electrons. The van der Waals surface area contributed by atoms with E-state index in [-0.39, 0.29) is 0 Å². The summed E-state index contributed by atoms with van der Waals surface area (Å²) in [7, 11) is 0. The van der Waals surface area contributed by atoms with Crippen LogP contribution >= 0.6 is 0 Å². The van der Waals surface area contributed by atoms with Crippen molar-refractivity contribution >= 4 is 5.69 Å². The van der Waals surface area contributed by atoms with Gasteiger partial charge in [0, 0.05) is 25.4 Å². The summed E-state index contributed by atoms with van der Waals surface area (Å²) in [5.41, 5.74) is 2.63. The Hall–Kier alpha value is -1.02. The number of aliphatic hydroxyl groups excluding tert-OH is 1. The monoisotopic (exact) mass is 235 g/mol. The van der Waals surface area contributed by atoms with Crippen LogP contribution in [0.25, 0.3) is 0 Å². The van der Waals surface area contributed by atoms with Gasteiger partial charge >= 0.3 is 0 Å². The fourth-order valence-electron chi connectivity index (χ4n) is 2.13. The number of nitrogens with zero attached hydrogens (tertiary/aromatic N) is 1. The summed E-state index contributed by atoms with van der Waals surface area (Å²) in [4.78, 5) is 2.41. The Bertz CT molecular complexity index is 299. The molecule has 1 aromatic rings. The zero-order valence-electron chi connectivity index (χ0n) is 11.3. The average Bonchev–Trinajstić information content (AvgIpc) is 2.42. The highest BCUT2D eigenvalue weighted by molar-refractivity contribution is 5.47. The fourth-order valence-corrected chi connectivity index (χ4v) is 2.13. The molecule has 1 aliphatic heterocycles. The van der Waals surface area contributed by atoms with Gasteiger partial charge in [-0.2, -0.15) is 0 Å². The van der Waals surface area contributed by atoms with Crippen LogP contribution in [0.1, 0.15) is 32.3 Å². The molecule has 1 aliphatic rings. The van der Waals surface area contributed by atoms with Gasteiger partial charge in [0.25, 0.3) is 0 Å². The Morgan fingerprint density at radius 1 is 1.12 bits per heavy atom. The SMILES string of the molecule is CC.Cc1ccc(N2CCC(CO)CC2)cc1. The Labute approximate surface area is 105 Å². The quantitative estimate of drug-likeness (QED) is 0.850. The third kappa shape index (κ3) is 4.04. The molecule has 0 aromatic heterocycles. The standard InChI is InChI=1S/C13H19NO.C2H6/c1-11-2-4-13(5-3-11)14-8-6-12(10-15)7-9-14;1-2/h2-5,12,15H,6-10H2,1H3;1-2H3. The molecule has 2 nitrogen and oxygen atoms in total. The predicted octanol–water partition coefficient (Wildman–Crippen LogP) is 3.23. The highest BCUT2D eigenvalue weighted by atomic mass is 16.3. The topological polar surface area (TPSA) is 23.5 Å². The molecule has 0 radical (unpaired) electrons. The van der Waals surface area contributed by atoms with Crippen molar-refractivity contribution in [1.29, 1.82) is 0 Å². The van der Waals surface area contributed by atoms with E-state index in [1.807, 2.05) is 13.8 Å². The Balaban J connectivity index is 0.000000686. The van der Waals surface area contributed by atoms with Gasteiger partial charge in [0.1, 0.15) is 0 Å². The van der Waals surface area contributed by atoms with E-state index >= 15 is 0 Å². The highest BCUT2D eigenvalue weighted by Gasteiger charge is 2.18. The molecule has 2 heteroatoms. The number of benzene rings is 1. The number of piperidine rings is 1. The maximum Gasteiger partial charge on any atom is 0.0460 e. The lowest BCUT2D eigenvalue weighted by molar-refractivity contribution is 0.203. The van der Waals surface area contributed by atoms with Gasteiger partial charge in [0.15, 0.2) is 0 Å². The van der Waals surface area contributed by atoms with Crippen LogP contribution in [0.5, 0.6) is 0 Å².